The summed E-state index contributed by atoms with van der Waals surface area (Å²) >= 11 is 0. The lowest BCUT2D eigenvalue weighted by atomic mass is 9.73. The van der Waals surface area contributed by atoms with Crippen LogP contribution in [0.25, 0.3) is 10.9 Å². The summed E-state index contributed by atoms with van der Waals surface area (Å²) in [5.41, 5.74) is 7.64. The Bertz CT molecular complexity index is 987. The van der Waals surface area contributed by atoms with Crippen molar-refractivity contribution in [3.05, 3.63) is 66.2 Å². The summed E-state index contributed by atoms with van der Waals surface area (Å²) in [7, 11) is 0. The molecule has 0 radical (unpaired) electrons. The SMILES string of the molecule is CC(C(=O)NNc1ccccn1)C1CCC(c2ccnc3ccc(F)cc23)CC1. The van der Waals surface area contributed by atoms with E-state index >= 15 is 0 Å². The van der Waals surface area contributed by atoms with Gasteiger partial charge in [-0.3, -0.25) is 20.6 Å². The van der Waals surface area contributed by atoms with Crippen molar-refractivity contribution in [3.8, 4) is 0 Å². The molecule has 2 aromatic heterocycles. The van der Waals surface area contributed by atoms with Crippen LogP contribution in [-0.4, -0.2) is 15.9 Å². The lowest BCUT2D eigenvalue weighted by Crippen LogP contribution is -2.38. The van der Waals surface area contributed by atoms with Gasteiger partial charge >= 0.3 is 0 Å². The Morgan fingerprint density at radius 3 is 2.66 bits per heavy atom. The Balaban J connectivity index is 1.37. The number of anilines is 1. The largest absolute Gasteiger partial charge is 0.282 e. The molecular weight excluding hydrogens is 367 g/mol. The molecule has 1 unspecified atom stereocenters. The number of amides is 1. The van der Waals surface area contributed by atoms with Crippen LogP contribution in [-0.2, 0) is 4.79 Å². The normalized spacial score (nSPS) is 20.2. The molecule has 3 aromatic rings. The Labute approximate surface area is 169 Å². The van der Waals surface area contributed by atoms with Crippen LogP contribution in [0.2, 0.25) is 0 Å². The predicted molar refractivity (Wildman–Crippen MR) is 112 cm³/mol. The van der Waals surface area contributed by atoms with E-state index in [9.17, 15) is 9.18 Å². The third kappa shape index (κ3) is 4.36. The number of hydrazine groups is 1. The topological polar surface area (TPSA) is 66.9 Å². The molecule has 0 bridgehead atoms. The van der Waals surface area contributed by atoms with E-state index < -0.39 is 0 Å². The lowest BCUT2D eigenvalue weighted by Gasteiger charge is -2.32. The fourth-order valence-electron chi connectivity index (χ4n) is 4.32. The van der Waals surface area contributed by atoms with Gasteiger partial charge in [-0.25, -0.2) is 9.37 Å². The van der Waals surface area contributed by atoms with Crippen molar-refractivity contribution in [1.29, 1.82) is 0 Å². The number of pyridine rings is 2. The van der Waals surface area contributed by atoms with Gasteiger partial charge in [-0.05, 0) is 79.5 Å². The average Bonchev–Trinajstić information content (AvgIpc) is 2.77. The van der Waals surface area contributed by atoms with Gasteiger partial charge in [-0.15, -0.1) is 0 Å². The van der Waals surface area contributed by atoms with Gasteiger partial charge in [-0.1, -0.05) is 13.0 Å². The third-order valence-corrected chi connectivity index (χ3v) is 6.05. The number of nitrogens with one attached hydrogen (secondary N) is 2. The molecular formula is C23H25FN4O. The molecule has 6 heteroatoms. The molecule has 1 aliphatic rings. The van der Waals surface area contributed by atoms with E-state index in [2.05, 4.69) is 20.8 Å². The number of carbonyl (C=O) groups is 1. The second-order valence-corrected chi connectivity index (χ2v) is 7.79. The maximum Gasteiger partial charge on any atom is 0.241 e. The predicted octanol–water partition coefficient (Wildman–Crippen LogP) is 4.82. The summed E-state index contributed by atoms with van der Waals surface area (Å²) in [5, 5.41) is 0.904. The summed E-state index contributed by atoms with van der Waals surface area (Å²) < 4.78 is 13.8. The van der Waals surface area contributed by atoms with Crippen molar-refractivity contribution in [2.75, 3.05) is 5.43 Å². The van der Waals surface area contributed by atoms with Crippen LogP contribution >= 0.6 is 0 Å². The van der Waals surface area contributed by atoms with Crippen LogP contribution < -0.4 is 10.9 Å². The smallest absolute Gasteiger partial charge is 0.241 e. The van der Waals surface area contributed by atoms with Gasteiger partial charge < -0.3 is 0 Å². The third-order valence-electron chi connectivity index (χ3n) is 6.05. The summed E-state index contributed by atoms with van der Waals surface area (Å²) in [5.74, 6) is 0.996. The van der Waals surface area contributed by atoms with Crippen molar-refractivity contribution >= 4 is 22.6 Å². The molecule has 1 amide bonds. The van der Waals surface area contributed by atoms with E-state index in [0.717, 1.165) is 36.6 Å². The van der Waals surface area contributed by atoms with Crippen LogP contribution in [0.4, 0.5) is 10.2 Å². The summed E-state index contributed by atoms with van der Waals surface area (Å²) in [6, 6.07) is 12.3. The van der Waals surface area contributed by atoms with E-state index in [1.165, 1.54) is 11.6 Å². The molecule has 2 heterocycles. The quantitative estimate of drug-likeness (QED) is 0.611. The van der Waals surface area contributed by atoms with Crippen LogP contribution in [0.15, 0.2) is 54.9 Å². The molecule has 1 fully saturated rings. The first-order chi connectivity index (χ1) is 14.1. The van der Waals surface area contributed by atoms with E-state index in [1.54, 1.807) is 30.6 Å². The van der Waals surface area contributed by atoms with Crippen molar-refractivity contribution in [2.24, 2.45) is 11.8 Å². The van der Waals surface area contributed by atoms with Gasteiger partial charge in [0.15, 0.2) is 0 Å². The highest BCUT2D eigenvalue weighted by Crippen LogP contribution is 2.40. The number of halogens is 1. The van der Waals surface area contributed by atoms with Crippen molar-refractivity contribution in [1.82, 2.24) is 15.4 Å². The van der Waals surface area contributed by atoms with Gasteiger partial charge in [0.25, 0.3) is 0 Å². The van der Waals surface area contributed by atoms with Crippen molar-refractivity contribution in [2.45, 2.75) is 38.5 Å². The number of rotatable bonds is 5. The number of nitrogens with zero attached hydrogens (tertiary/aromatic N) is 2. The number of carbonyl (C=O) groups excluding carboxylic acids is 1. The number of fused-ring (bicyclic) bond motifs is 1. The molecule has 1 atom stereocenters. The molecule has 0 spiro atoms. The van der Waals surface area contributed by atoms with Crippen molar-refractivity contribution in [3.63, 3.8) is 0 Å². The molecule has 29 heavy (non-hydrogen) atoms. The maximum absolute atomic E-state index is 13.8. The average molecular weight is 392 g/mol. The second kappa shape index (κ2) is 8.55. The van der Waals surface area contributed by atoms with Crippen LogP contribution in [0.3, 0.4) is 0 Å². The number of benzene rings is 1. The van der Waals surface area contributed by atoms with E-state index in [4.69, 9.17) is 0 Å². The highest BCUT2D eigenvalue weighted by Gasteiger charge is 2.30. The van der Waals surface area contributed by atoms with Crippen LogP contribution in [0, 0.1) is 17.7 Å². The molecule has 5 nitrogen and oxygen atoms in total. The first-order valence-corrected chi connectivity index (χ1v) is 10.1. The number of hydrogen-bond acceptors (Lipinski definition) is 4. The minimum absolute atomic E-state index is 0.0180. The minimum Gasteiger partial charge on any atom is -0.282 e. The lowest BCUT2D eigenvalue weighted by molar-refractivity contribution is -0.126. The minimum atomic E-state index is -0.230. The van der Waals surface area contributed by atoms with Gasteiger partial charge in [0, 0.05) is 23.7 Å². The standard InChI is InChI=1S/C23H25FN4O/c1-15(23(29)28-27-22-4-2-3-12-26-22)16-5-7-17(8-6-16)19-11-13-25-21-10-9-18(24)14-20(19)21/h2-4,9-17H,5-8H2,1H3,(H,26,27)(H,28,29). The molecule has 1 aromatic carbocycles. The maximum atomic E-state index is 13.8. The highest BCUT2D eigenvalue weighted by atomic mass is 19.1. The zero-order valence-electron chi connectivity index (χ0n) is 16.4. The van der Waals surface area contributed by atoms with Gasteiger partial charge in [-0.2, -0.15) is 0 Å². The van der Waals surface area contributed by atoms with Gasteiger partial charge in [0.1, 0.15) is 11.6 Å². The monoisotopic (exact) mass is 392 g/mol. The summed E-state index contributed by atoms with van der Waals surface area (Å²) in [4.78, 5) is 21.0. The van der Waals surface area contributed by atoms with Crippen molar-refractivity contribution < 1.29 is 9.18 Å². The van der Waals surface area contributed by atoms with Crippen LogP contribution in [0.5, 0.6) is 0 Å². The molecule has 4 rings (SSSR count). The van der Waals surface area contributed by atoms with E-state index in [1.807, 2.05) is 25.1 Å². The number of aromatic nitrogens is 2. The zero-order chi connectivity index (χ0) is 20.2. The Morgan fingerprint density at radius 1 is 1.07 bits per heavy atom. The van der Waals surface area contributed by atoms with Gasteiger partial charge in [0.05, 0.1) is 5.52 Å². The Kier molecular flexibility index (Phi) is 5.69. The summed E-state index contributed by atoms with van der Waals surface area (Å²) in [6.07, 6.45) is 7.41. The fraction of sp³-hybridized carbons (Fsp3) is 0.348. The second-order valence-electron chi connectivity index (χ2n) is 7.79. The first-order valence-electron chi connectivity index (χ1n) is 10.1. The summed E-state index contributed by atoms with van der Waals surface area (Å²) in [6.45, 7) is 1.98. The first kappa shape index (κ1) is 19.3. The molecule has 0 saturated heterocycles. The van der Waals surface area contributed by atoms with E-state index in [-0.39, 0.29) is 17.6 Å². The zero-order valence-corrected chi connectivity index (χ0v) is 16.4. The molecule has 150 valence electrons. The Hall–Kier alpha value is -3.02. The van der Waals surface area contributed by atoms with Crippen LogP contribution in [0.1, 0.15) is 44.1 Å². The highest BCUT2D eigenvalue weighted by molar-refractivity contribution is 5.82. The molecule has 1 saturated carbocycles. The fourth-order valence-corrected chi connectivity index (χ4v) is 4.32. The van der Waals surface area contributed by atoms with E-state index in [0.29, 0.717) is 17.7 Å². The van der Waals surface area contributed by atoms with Gasteiger partial charge in [0.2, 0.25) is 5.91 Å². The molecule has 0 aliphatic heterocycles. The molecule has 2 N–H and O–H groups in total. The molecule has 1 aliphatic carbocycles. The number of hydrogen-bond donors (Lipinski definition) is 2. The Morgan fingerprint density at radius 2 is 1.90 bits per heavy atom.